The maximum atomic E-state index is 11.7. The van der Waals surface area contributed by atoms with Crippen LogP contribution in [0.1, 0.15) is 22.8 Å². The molecule has 116 valence electrons. The van der Waals surface area contributed by atoms with E-state index < -0.39 is 0 Å². The van der Waals surface area contributed by atoms with Gasteiger partial charge in [-0.1, -0.05) is 30.3 Å². The second kappa shape index (κ2) is 7.47. The van der Waals surface area contributed by atoms with Crippen molar-refractivity contribution >= 4 is 11.5 Å². The van der Waals surface area contributed by atoms with Crippen LogP contribution in [0.15, 0.2) is 42.5 Å². The van der Waals surface area contributed by atoms with E-state index in [9.17, 15) is 4.79 Å². The molecule has 0 amide bonds. The van der Waals surface area contributed by atoms with Crippen molar-refractivity contribution in [3.8, 4) is 11.5 Å². The number of hydrogen-bond donors (Lipinski definition) is 1. The van der Waals surface area contributed by atoms with Crippen molar-refractivity contribution in [2.24, 2.45) is 0 Å². The lowest BCUT2D eigenvalue weighted by molar-refractivity contribution is 0.101. The van der Waals surface area contributed by atoms with Gasteiger partial charge in [0.1, 0.15) is 6.61 Å². The van der Waals surface area contributed by atoms with Gasteiger partial charge in [0.25, 0.3) is 0 Å². The van der Waals surface area contributed by atoms with Gasteiger partial charge in [0.05, 0.1) is 19.9 Å². The maximum absolute atomic E-state index is 11.7. The Morgan fingerprint density at radius 2 is 1.82 bits per heavy atom. The van der Waals surface area contributed by atoms with Crippen LogP contribution in [0.3, 0.4) is 0 Å². The molecule has 0 spiro atoms. The predicted molar refractivity (Wildman–Crippen MR) is 84.4 cm³/mol. The Kier molecular flexibility index (Phi) is 5.38. The summed E-state index contributed by atoms with van der Waals surface area (Å²) in [4.78, 5) is 16.6. The minimum atomic E-state index is -0.0903. The van der Waals surface area contributed by atoms with E-state index in [1.807, 2.05) is 30.3 Å². The second-order valence-corrected chi connectivity index (χ2v) is 4.69. The van der Waals surface area contributed by atoms with E-state index in [2.05, 4.69) is 5.48 Å². The lowest BCUT2D eigenvalue weighted by atomic mass is 10.1. The second-order valence-electron chi connectivity index (χ2n) is 4.69. The van der Waals surface area contributed by atoms with Gasteiger partial charge in [0.2, 0.25) is 0 Å². The number of carbonyl (C=O) groups excluding carboxylic acids is 1. The van der Waals surface area contributed by atoms with Gasteiger partial charge in [-0.2, -0.15) is 0 Å². The van der Waals surface area contributed by atoms with Crippen molar-refractivity contribution in [2.45, 2.75) is 13.5 Å². The van der Waals surface area contributed by atoms with E-state index in [0.29, 0.717) is 29.4 Å². The predicted octanol–water partition coefficient (Wildman–Crippen LogP) is 3.45. The van der Waals surface area contributed by atoms with Crippen LogP contribution in [0.4, 0.5) is 5.69 Å². The van der Waals surface area contributed by atoms with Crippen LogP contribution in [0, 0.1) is 0 Å². The van der Waals surface area contributed by atoms with E-state index in [1.54, 1.807) is 12.1 Å². The molecule has 0 saturated carbocycles. The van der Waals surface area contributed by atoms with Crippen LogP contribution >= 0.6 is 0 Å². The monoisotopic (exact) mass is 301 g/mol. The number of benzene rings is 2. The molecule has 0 atom stereocenters. The first-order chi connectivity index (χ1) is 10.7. The topological polar surface area (TPSA) is 56.8 Å². The molecule has 0 saturated heterocycles. The first-order valence-corrected chi connectivity index (χ1v) is 6.84. The lowest BCUT2D eigenvalue weighted by Crippen LogP contribution is -2.06. The average molecular weight is 301 g/mol. The summed E-state index contributed by atoms with van der Waals surface area (Å²) in [5.41, 5.74) is 4.75. The Labute approximate surface area is 129 Å². The summed E-state index contributed by atoms with van der Waals surface area (Å²) in [6.45, 7) is 1.89. The molecule has 0 heterocycles. The molecule has 0 radical (unpaired) electrons. The van der Waals surface area contributed by atoms with Gasteiger partial charge in [-0.25, -0.2) is 0 Å². The summed E-state index contributed by atoms with van der Waals surface area (Å²) in [5.74, 6) is 0.950. The number of ether oxygens (including phenoxy) is 2. The Morgan fingerprint density at radius 1 is 1.09 bits per heavy atom. The summed E-state index contributed by atoms with van der Waals surface area (Å²) >= 11 is 0. The molecular formula is C17H19NO4. The number of methoxy groups -OCH3 is 1. The fraction of sp³-hybridized carbons (Fsp3) is 0.235. The summed E-state index contributed by atoms with van der Waals surface area (Å²) in [6.07, 6.45) is 0. The molecule has 2 aromatic rings. The maximum Gasteiger partial charge on any atom is 0.163 e. The molecule has 0 fully saturated rings. The Morgan fingerprint density at radius 3 is 2.41 bits per heavy atom. The van der Waals surface area contributed by atoms with Crippen LogP contribution in [-0.4, -0.2) is 20.0 Å². The molecule has 22 heavy (non-hydrogen) atoms. The third kappa shape index (κ3) is 3.77. The Bertz CT molecular complexity index is 641. The fourth-order valence-corrected chi connectivity index (χ4v) is 2.05. The van der Waals surface area contributed by atoms with Crippen molar-refractivity contribution in [1.29, 1.82) is 0 Å². The zero-order chi connectivity index (χ0) is 15.9. The van der Waals surface area contributed by atoms with E-state index >= 15 is 0 Å². The average Bonchev–Trinajstić information content (AvgIpc) is 2.54. The van der Waals surface area contributed by atoms with Crippen LogP contribution in [0.25, 0.3) is 0 Å². The highest BCUT2D eigenvalue weighted by Gasteiger charge is 2.15. The smallest absolute Gasteiger partial charge is 0.163 e. The van der Waals surface area contributed by atoms with Crippen LogP contribution < -0.4 is 15.0 Å². The zero-order valence-electron chi connectivity index (χ0n) is 12.9. The lowest BCUT2D eigenvalue weighted by Gasteiger charge is -2.15. The third-order valence-corrected chi connectivity index (χ3v) is 3.13. The van der Waals surface area contributed by atoms with Crippen LogP contribution in [0.2, 0.25) is 0 Å². The fourth-order valence-electron chi connectivity index (χ4n) is 2.05. The number of rotatable bonds is 7. The molecule has 5 nitrogen and oxygen atoms in total. The summed E-state index contributed by atoms with van der Waals surface area (Å²) in [7, 11) is 3.02. The van der Waals surface area contributed by atoms with E-state index in [1.165, 1.54) is 21.1 Å². The molecule has 2 aromatic carbocycles. The number of hydrogen-bond acceptors (Lipinski definition) is 5. The van der Waals surface area contributed by atoms with Gasteiger partial charge in [-0.3, -0.25) is 15.1 Å². The van der Waals surface area contributed by atoms with E-state index in [4.69, 9.17) is 14.3 Å². The molecule has 5 heteroatoms. The van der Waals surface area contributed by atoms with E-state index in [0.717, 1.165) is 5.56 Å². The molecule has 0 aliphatic carbocycles. The normalized spacial score (nSPS) is 10.1. The Hall–Kier alpha value is -2.53. The van der Waals surface area contributed by atoms with Gasteiger partial charge < -0.3 is 9.47 Å². The van der Waals surface area contributed by atoms with Crippen molar-refractivity contribution in [3.63, 3.8) is 0 Å². The minimum absolute atomic E-state index is 0.0903. The molecule has 2 rings (SSSR count). The van der Waals surface area contributed by atoms with E-state index in [-0.39, 0.29) is 5.78 Å². The highest BCUT2D eigenvalue weighted by Crippen LogP contribution is 2.34. The van der Waals surface area contributed by atoms with Gasteiger partial charge in [0.15, 0.2) is 17.3 Å². The largest absolute Gasteiger partial charge is 0.493 e. The standard InChI is InChI=1S/C17H19NO4/c1-12(19)14-9-16(20-2)17(10-15(14)18-21-3)22-11-13-7-5-4-6-8-13/h4-10,18H,11H2,1-3H3. The molecule has 1 N–H and O–H groups in total. The summed E-state index contributed by atoms with van der Waals surface area (Å²) < 4.78 is 11.1. The highest BCUT2D eigenvalue weighted by molar-refractivity contribution is 6.00. The highest BCUT2D eigenvalue weighted by atomic mass is 16.6. The Balaban J connectivity index is 2.29. The quantitative estimate of drug-likeness (QED) is 0.627. The number of carbonyl (C=O) groups is 1. The van der Waals surface area contributed by atoms with Gasteiger partial charge in [-0.05, 0) is 18.6 Å². The first kappa shape index (κ1) is 15.9. The van der Waals surface area contributed by atoms with Gasteiger partial charge in [0, 0.05) is 11.6 Å². The zero-order valence-corrected chi connectivity index (χ0v) is 12.9. The number of anilines is 1. The summed E-state index contributed by atoms with van der Waals surface area (Å²) in [5, 5.41) is 0. The third-order valence-electron chi connectivity index (χ3n) is 3.13. The number of nitrogens with one attached hydrogen (secondary N) is 1. The molecule has 0 aliphatic rings. The molecule has 0 bridgehead atoms. The van der Waals surface area contributed by atoms with Crippen molar-refractivity contribution in [1.82, 2.24) is 0 Å². The molecule has 0 aliphatic heterocycles. The molecule has 0 aromatic heterocycles. The van der Waals surface area contributed by atoms with Gasteiger partial charge >= 0.3 is 0 Å². The van der Waals surface area contributed by atoms with Gasteiger partial charge in [-0.15, -0.1) is 0 Å². The summed E-state index contributed by atoms with van der Waals surface area (Å²) in [6, 6.07) is 13.1. The molecular weight excluding hydrogens is 282 g/mol. The van der Waals surface area contributed by atoms with Crippen molar-refractivity contribution in [2.75, 3.05) is 19.7 Å². The van der Waals surface area contributed by atoms with Crippen LogP contribution in [0.5, 0.6) is 11.5 Å². The van der Waals surface area contributed by atoms with Crippen LogP contribution in [-0.2, 0) is 11.4 Å². The first-order valence-electron chi connectivity index (χ1n) is 6.84. The van der Waals surface area contributed by atoms with Crippen molar-refractivity contribution < 1.29 is 19.1 Å². The van der Waals surface area contributed by atoms with Crippen molar-refractivity contribution in [3.05, 3.63) is 53.6 Å². The number of ketones is 1. The minimum Gasteiger partial charge on any atom is -0.493 e. The molecule has 0 unspecified atom stereocenters. The SMILES string of the molecule is CONc1cc(OCc2ccccc2)c(OC)cc1C(C)=O. The number of Topliss-reactive ketones (excluding diaryl/α,β-unsaturated/α-hetero) is 1.